The minimum absolute atomic E-state index is 0.0269. The van der Waals surface area contributed by atoms with Crippen LogP contribution in [-0.4, -0.2) is 15.5 Å². The van der Waals surface area contributed by atoms with Crippen molar-refractivity contribution in [3.05, 3.63) is 59.9 Å². The predicted molar refractivity (Wildman–Crippen MR) is 98.3 cm³/mol. The Hall–Kier alpha value is -2.62. The van der Waals surface area contributed by atoms with Gasteiger partial charge in [-0.15, -0.1) is 0 Å². The second-order valence-electron chi connectivity index (χ2n) is 6.25. The highest BCUT2D eigenvalue weighted by atomic mass is 16.1. The number of benzene rings is 2. The summed E-state index contributed by atoms with van der Waals surface area (Å²) in [4.78, 5) is 17.2. The average Bonchev–Trinajstić information content (AvgIpc) is 2.93. The fourth-order valence-corrected chi connectivity index (χ4v) is 3.02. The van der Waals surface area contributed by atoms with Gasteiger partial charge in [0.2, 0.25) is 5.91 Å². The summed E-state index contributed by atoms with van der Waals surface area (Å²) in [5, 5.41) is 3.06. The molecule has 1 N–H and O–H groups in total. The Bertz CT molecular complexity index is 864. The molecule has 0 saturated carbocycles. The van der Waals surface area contributed by atoms with Crippen LogP contribution in [0.3, 0.4) is 0 Å². The quantitative estimate of drug-likeness (QED) is 0.759. The summed E-state index contributed by atoms with van der Waals surface area (Å²) in [5.74, 6) is 1.27. The van der Waals surface area contributed by atoms with Crippen molar-refractivity contribution in [2.24, 2.45) is 0 Å². The molecule has 0 radical (unpaired) electrons. The third-order valence-corrected chi connectivity index (χ3v) is 4.21. The van der Waals surface area contributed by atoms with Gasteiger partial charge in [0.15, 0.2) is 0 Å². The van der Waals surface area contributed by atoms with E-state index in [0.29, 0.717) is 5.92 Å². The second kappa shape index (κ2) is 6.87. The zero-order valence-electron chi connectivity index (χ0n) is 14.4. The lowest BCUT2D eigenvalue weighted by molar-refractivity contribution is -0.116. The standard InChI is InChI=1S/C20H23N3O/c1-4-19-21-17-11-7-8-12-18(17)23(19)13-20(24)22-16-10-6-5-9-15(16)14(2)3/h5-12,14H,4,13H2,1-3H3,(H,22,24). The number of aromatic nitrogens is 2. The summed E-state index contributed by atoms with van der Waals surface area (Å²) in [5.41, 5.74) is 3.98. The molecule has 1 amide bonds. The van der Waals surface area contributed by atoms with E-state index >= 15 is 0 Å². The van der Waals surface area contributed by atoms with Gasteiger partial charge in [-0.1, -0.05) is 51.1 Å². The summed E-state index contributed by atoms with van der Waals surface area (Å²) >= 11 is 0. The molecular formula is C20H23N3O. The van der Waals surface area contributed by atoms with E-state index < -0.39 is 0 Å². The summed E-state index contributed by atoms with van der Waals surface area (Å²) in [6, 6.07) is 15.9. The average molecular weight is 321 g/mol. The number of aryl methyl sites for hydroxylation is 1. The van der Waals surface area contributed by atoms with Gasteiger partial charge in [0, 0.05) is 12.1 Å². The Morgan fingerprint density at radius 2 is 1.83 bits per heavy atom. The molecule has 4 nitrogen and oxygen atoms in total. The fourth-order valence-electron chi connectivity index (χ4n) is 3.02. The molecule has 3 rings (SSSR count). The molecule has 124 valence electrons. The van der Waals surface area contributed by atoms with Crippen LogP contribution in [0.5, 0.6) is 0 Å². The van der Waals surface area contributed by atoms with Gasteiger partial charge in [0.1, 0.15) is 12.4 Å². The molecule has 0 spiro atoms. The number of amides is 1. The summed E-state index contributed by atoms with van der Waals surface area (Å²) in [7, 11) is 0. The van der Waals surface area contributed by atoms with Crippen molar-refractivity contribution in [1.82, 2.24) is 9.55 Å². The lowest BCUT2D eigenvalue weighted by Crippen LogP contribution is -2.21. The van der Waals surface area contributed by atoms with Crippen LogP contribution in [0.2, 0.25) is 0 Å². The van der Waals surface area contributed by atoms with Gasteiger partial charge in [-0.25, -0.2) is 4.98 Å². The monoisotopic (exact) mass is 321 g/mol. The molecule has 1 aromatic heterocycles. The summed E-state index contributed by atoms with van der Waals surface area (Å²) < 4.78 is 2.00. The first kappa shape index (κ1) is 16.2. The Labute approximate surface area is 142 Å². The van der Waals surface area contributed by atoms with E-state index in [9.17, 15) is 4.79 Å². The predicted octanol–water partition coefficient (Wildman–Crippen LogP) is 4.36. The third-order valence-electron chi connectivity index (χ3n) is 4.21. The van der Waals surface area contributed by atoms with Crippen LogP contribution in [0.4, 0.5) is 5.69 Å². The lowest BCUT2D eigenvalue weighted by Gasteiger charge is -2.14. The van der Waals surface area contributed by atoms with Crippen molar-refractivity contribution >= 4 is 22.6 Å². The molecule has 0 aliphatic rings. The van der Waals surface area contributed by atoms with Gasteiger partial charge >= 0.3 is 0 Å². The highest BCUT2D eigenvalue weighted by Gasteiger charge is 2.14. The molecule has 0 aliphatic carbocycles. The van der Waals surface area contributed by atoms with Crippen molar-refractivity contribution in [2.45, 2.75) is 39.7 Å². The Balaban J connectivity index is 1.86. The van der Waals surface area contributed by atoms with Gasteiger partial charge in [0.05, 0.1) is 11.0 Å². The maximum Gasteiger partial charge on any atom is 0.244 e. The first-order chi connectivity index (χ1) is 11.6. The zero-order valence-corrected chi connectivity index (χ0v) is 14.4. The van der Waals surface area contributed by atoms with Crippen LogP contribution in [-0.2, 0) is 17.8 Å². The number of hydrogen-bond donors (Lipinski definition) is 1. The van der Waals surface area contributed by atoms with Crippen molar-refractivity contribution < 1.29 is 4.79 Å². The van der Waals surface area contributed by atoms with E-state index in [-0.39, 0.29) is 12.5 Å². The first-order valence-corrected chi connectivity index (χ1v) is 8.43. The number of hydrogen-bond acceptors (Lipinski definition) is 2. The lowest BCUT2D eigenvalue weighted by atomic mass is 10.0. The van der Waals surface area contributed by atoms with Gasteiger partial charge in [0.25, 0.3) is 0 Å². The Morgan fingerprint density at radius 3 is 2.58 bits per heavy atom. The van der Waals surface area contributed by atoms with Crippen LogP contribution >= 0.6 is 0 Å². The van der Waals surface area contributed by atoms with E-state index in [0.717, 1.165) is 34.5 Å². The molecule has 2 aromatic carbocycles. The molecule has 0 saturated heterocycles. The van der Waals surface area contributed by atoms with Crippen molar-refractivity contribution in [1.29, 1.82) is 0 Å². The molecular weight excluding hydrogens is 298 g/mol. The molecule has 1 heterocycles. The zero-order chi connectivity index (χ0) is 17.1. The number of anilines is 1. The van der Waals surface area contributed by atoms with Crippen LogP contribution < -0.4 is 5.32 Å². The smallest absolute Gasteiger partial charge is 0.244 e. The van der Waals surface area contributed by atoms with E-state index in [4.69, 9.17) is 0 Å². The van der Waals surface area contributed by atoms with Crippen molar-refractivity contribution in [3.63, 3.8) is 0 Å². The molecule has 3 aromatic rings. The number of carbonyl (C=O) groups is 1. The van der Waals surface area contributed by atoms with Gasteiger partial charge < -0.3 is 9.88 Å². The van der Waals surface area contributed by atoms with E-state index in [1.54, 1.807) is 0 Å². The maximum atomic E-state index is 12.6. The second-order valence-corrected chi connectivity index (χ2v) is 6.25. The van der Waals surface area contributed by atoms with Crippen LogP contribution in [0.1, 0.15) is 38.1 Å². The minimum atomic E-state index is -0.0269. The highest BCUT2D eigenvalue weighted by Crippen LogP contribution is 2.24. The molecule has 0 unspecified atom stereocenters. The number of nitrogens with one attached hydrogen (secondary N) is 1. The summed E-state index contributed by atoms with van der Waals surface area (Å²) in [6.07, 6.45) is 0.796. The number of para-hydroxylation sites is 3. The van der Waals surface area contributed by atoms with Gasteiger partial charge in [-0.3, -0.25) is 4.79 Å². The molecule has 0 atom stereocenters. The largest absolute Gasteiger partial charge is 0.324 e. The molecule has 0 bridgehead atoms. The van der Waals surface area contributed by atoms with Crippen LogP contribution in [0, 0.1) is 0 Å². The normalized spacial score (nSPS) is 11.2. The number of fused-ring (bicyclic) bond motifs is 1. The number of carbonyl (C=O) groups excluding carboxylic acids is 1. The van der Waals surface area contributed by atoms with E-state index in [2.05, 4.69) is 37.1 Å². The molecule has 24 heavy (non-hydrogen) atoms. The third kappa shape index (κ3) is 3.18. The van der Waals surface area contributed by atoms with Crippen LogP contribution in [0.15, 0.2) is 48.5 Å². The molecule has 0 aliphatic heterocycles. The van der Waals surface area contributed by atoms with E-state index in [1.165, 1.54) is 0 Å². The number of nitrogens with zero attached hydrogens (tertiary/aromatic N) is 2. The van der Waals surface area contributed by atoms with Crippen LogP contribution in [0.25, 0.3) is 11.0 Å². The SMILES string of the molecule is CCc1nc2ccccc2n1CC(=O)Nc1ccccc1C(C)C. The molecule has 0 fully saturated rings. The summed E-state index contributed by atoms with van der Waals surface area (Å²) in [6.45, 7) is 6.59. The highest BCUT2D eigenvalue weighted by molar-refractivity contribution is 5.92. The number of imidazole rings is 1. The minimum Gasteiger partial charge on any atom is -0.324 e. The number of rotatable bonds is 5. The van der Waals surface area contributed by atoms with Gasteiger partial charge in [-0.2, -0.15) is 0 Å². The van der Waals surface area contributed by atoms with E-state index in [1.807, 2.05) is 47.0 Å². The first-order valence-electron chi connectivity index (χ1n) is 8.43. The fraction of sp³-hybridized carbons (Fsp3) is 0.300. The topological polar surface area (TPSA) is 46.9 Å². The van der Waals surface area contributed by atoms with Gasteiger partial charge in [-0.05, 0) is 29.7 Å². The van der Waals surface area contributed by atoms with Crippen molar-refractivity contribution in [3.8, 4) is 0 Å². The Kier molecular flexibility index (Phi) is 4.65. The molecule has 4 heteroatoms. The Morgan fingerprint density at radius 1 is 1.12 bits per heavy atom. The van der Waals surface area contributed by atoms with Crippen molar-refractivity contribution in [2.75, 3.05) is 5.32 Å². The maximum absolute atomic E-state index is 12.6.